The zero-order chi connectivity index (χ0) is 9.78. The fraction of sp³-hybridized carbons (Fsp3) is 0.875. The van der Waals surface area contributed by atoms with E-state index in [0.717, 1.165) is 0 Å². The van der Waals surface area contributed by atoms with Gasteiger partial charge >= 0.3 is 5.97 Å². The Hall–Kier alpha value is -0.353. The van der Waals surface area contributed by atoms with E-state index in [1.165, 1.54) is 0 Å². The van der Waals surface area contributed by atoms with Gasteiger partial charge in [-0.1, -0.05) is 0 Å². The van der Waals surface area contributed by atoms with Gasteiger partial charge in [0.2, 0.25) is 0 Å². The average Bonchev–Trinajstić information content (AvgIpc) is 1.79. The van der Waals surface area contributed by atoms with Crippen LogP contribution in [0.2, 0.25) is 13.1 Å². The number of hydrogen-bond donors (Lipinski definition) is 0. The van der Waals surface area contributed by atoms with Gasteiger partial charge in [0.1, 0.15) is 12.2 Å². The summed E-state index contributed by atoms with van der Waals surface area (Å²) < 4.78 is 10.3. The third-order valence-electron chi connectivity index (χ3n) is 0.955. The highest BCUT2D eigenvalue weighted by Gasteiger charge is 2.16. The van der Waals surface area contributed by atoms with Gasteiger partial charge in [0, 0.05) is 0 Å². The third-order valence-corrected chi connectivity index (χ3v) is 1.79. The second kappa shape index (κ2) is 4.62. The van der Waals surface area contributed by atoms with Crippen molar-refractivity contribution in [1.82, 2.24) is 0 Å². The van der Waals surface area contributed by atoms with E-state index >= 15 is 0 Å². The fourth-order valence-electron chi connectivity index (χ4n) is 0.606. The lowest BCUT2D eigenvalue weighted by atomic mass is 10.2. The van der Waals surface area contributed by atoms with Crippen LogP contribution in [0.5, 0.6) is 0 Å². The lowest BCUT2D eigenvalue weighted by Gasteiger charge is -2.19. The van der Waals surface area contributed by atoms with Gasteiger partial charge in [-0.15, -0.1) is 0 Å². The molecular weight excluding hydrogens is 172 g/mol. The third kappa shape index (κ3) is 7.75. The van der Waals surface area contributed by atoms with Gasteiger partial charge in [-0.05, 0) is 33.9 Å². The molecule has 0 aliphatic heterocycles. The van der Waals surface area contributed by atoms with Crippen molar-refractivity contribution in [2.45, 2.75) is 39.5 Å². The van der Waals surface area contributed by atoms with Gasteiger partial charge in [-0.25, -0.2) is 4.79 Å². The van der Waals surface area contributed by atoms with Crippen LogP contribution in [-0.2, 0) is 14.0 Å². The molecule has 0 radical (unpaired) electrons. The summed E-state index contributed by atoms with van der Waals surface area (Å²) >= 11 is 0. The Labute approximate surface area is 75.8 Å². The molecule has 4 heteroatoms. The minimum Gasteiger partial charge on any atom is -0.458 e. The molecule has 0 aromatic rings. The van der Waals surface area contributed by atoms with Crippen LogP contribution >= 0.6 is 0 Å². The summed E-state index contributed by atoms with van der Waals surface area (Å²) in [7, 11) is -1.10. The minimum absolute atomic E-state index is 0.0984. The van der Waals surface area contributed by atoms with E-state index in [1.54, 1.807) is 0 Å². The van der Waals surface area contributed by atoms with Crippen LogP contribution in [0.1, 0.15) is 20.8 Å². The number of carbonyl (C=O) groups excluding carboxylic acids is 1. The van der Waals surface area contributed by atoms with Crippen LogP contribution in [0.25, 0.3) is 0 Å². The van der Waals surface area contributed by atoms with Crippen LogP contribution in [-0.4, -0.2) is 27.2 Å². The fourth-order valence-corrected chi connectivity index (χ4v) is 1.08. The van der Waals surface area contributed by atoms with Crippen molar-refractivity contribution in [3.05, 3.63) is 0 Å². The van der Waals surface area contributed by atoms with Crippen LogP contribution < -0.4 is 0 Å². The van der Waals surface area contributed by atoms with E-state index in [9.17, 15) is 4.79 Å². The largest absolute Gasteiger partial charge is 0.458 e. The van der Waals surface area contributed by atoms with Crippen molar-refractivity contribution < 1.29 is 14.0 Å². The van der Waals surface area contributed by atoms with E-state index < -0.39 is 14.6 Å². The summed E-state index contributed by atoms with van der Waals surface area (Å²) in [5.74, 6) is -0.274. The lowest BCUT2D eigenvalue weighted by molar-refractivity contribution is -0.157. The molecule has 0 unspecified atom stereocenters. The maximum atomic E-state index is 11.0. The molecule has 0 saturated carbocycles. The number of rotatable bonds is 3. The molecule has 0 aromatic heterocycles. The highest BCUT2D eigenvalue weighted by Crippen LogP contribution is 2.06. The van der Waals surface area contributed by atoms with E-state index in [0.29, 0.717) is 0 Å². The first kappa shape index (κ1) is 11.6. The minimum atomic E-state index is -1.10. The molecule has 0 aliphatic rings. The highest BCUT2D eigenvalue weighted by molar-refractivity contribution is 6.48. The van der Waals surface area contributed by atoms with Gasteiger partial charge in [-0.3, -0.25) is 0 Å². The molecular formula is C8H18O3Si. The molecule has 0 amide bonds. The normalized spacial score (nSPS) is 11.8. The monoisotopic (exact) mass is 190 g/mol. The summed E-state index contributed by atoms with van der Waals surface area (Å²) in [5, 5.41) is 0. The van der Waals surface area contributed by atoms with Gasteiger partial charge < -0.3 is 9.16 Å². The van der Waals surface area contributed by atoms with Gasteiger partial charge in [0.25, 0.3) is 0 Å². The van der Waals surface area contributed by atoms with Crippen molar-refractivity contribution in [2.75, 3.05) is 6.61 Å². The predicted octanol–water partition coefficient (Wildman–Crippen LogP) is 1.33. The SMILES string of the molecule is C[SiH](C)OCC(=O)OC(C)(C)C. The van der Waals surface area contributed by atoms with Crippen molar-refractivity contribution in [2.24, 2.45) is 0 Å². The molecule has 12 heavy (non-hydrogen) atoms. The maximum Gasteiger partial charge on any atom is 0.331 e. The van der Waals surface area contributed by atoms with Crippen molar-refractivity contribution in [3.8, 4) is 0 Å². The second-order valence-electron chi connectivity index (χ2n) is 3.95. The quantitative estimate of drug-likeness (QED) is 0.497. The van der Waals surface area contributed by atoms with Gasteiger partial charge in [0.15, 0.2) is 9.04 Å². The summed E-state index contributed by atoms with van der Waals surface area (Å²) in [6.07, 6.45) is 0. The molecule has 0 aliphatic carbocycles. The Morgan fingerprint density at radius 3 is 2.17 bits per heavy atom. The molecule has 3 nitrogen and oxygen atoms in total. The molecule has 0 aromatic carbocycles. The molecule has 0 heterocycles. The van der Waals surface area contributed by atoms with Crippen molar-refractivity contribution in [1.29, 1.82) is 0 Å². The van der Waals surface area contributed by atoms with Crippen molar-refractivity contribution >= 4 is 15.0 Å². The Balaban J connectivity index is 3.61. The first-order valence-electron chi connectivity index (χ1n) is 4.15. The number of hydrogen-bond acceptors (Lipinski definition) is 3. The number of carbonyl (C=O) groups is 1. The zero-order valence-electron chi connectivity index (χ0n) is 8.51. The van der Waals surface area contributed by atoms with E-state index in [-0.39, 0.29) is 12.6 Å². The Kier molecular flexibility index (Phi) is 4.48. The average molecular weight is 190 g/mol. The standard InChI is InChI=1S/C8H18O3Si/c1-8(2,3)11-7(9)6-10-12(4)5/h12H,6H2,1-5H3. The molecule has 0 fully saturated rings. The summed E-state index contributed by atoms with van der Waals surface area (Å²) in [5.41, 5.74) is -0.404. The van der Waals surface area contributed by atoms with E-state index in [1.807, 2.05) is 33.9 Å². The van der Waals surface area contributed by atoms with Gasteiger partial charge in [0.05, 0.1) is 0 Å². The Morgan fingerprint density at radius 2 is 1.83 bits per heavy atom. The van der Waals surface area contributed by atoms with Crippen LogP contribution in [0.15, 0.2) is 0 Å². The smallest absolute Gasteiger partial charge is 0.331 e. The molecule has 0 saturated heterocycles. The Bertz CT molecular complexity index is 149. The van der Waals surface area contributed by atoms with E-state index in [4.69, 9.17) is 9.16 Å². The Morgan fingerprint density at radius 1 is 1.33 bits per heavy atom. The molecule has 0 bridgehead atoms. The summed E-state index contributed by atoms with van der Waals surface area (Å²) in [4.78, 5) is 11.0. The molecule has 0 spiro atoms. The first-order chi connectivity index (χ1) is 5.31. The molecule has 0 atom stereocenters. The number of esters is 1. The molecule has 72 valence electrons. The lowest BCUT2D eigenvalue weighted by Crippen LogP contribution is -2.28. The molecule has 0 N–H and O–H groups in total. The summed E-state index contributed by atoms with van der Waals surface area (Å²) in [6, 6.07) is 0. The van der Waals surface area contributed by atoms with E-state index in [2.05, 4.69) is 0 Å². The zero-order valence-corrected chi connectivity index (χ0v) is 9.66. The van der Waals surface area contributed by atoms with Crippen LogP contribution in [0.4, 0.5) is 0 Å². The molecule has 0 rings (SSSR count). The van der Waals surface area contributed by atoms with Gasteiger partial charge in [-0.2, -0.15) is 0 Å². The highest BCUT2D eigenvalue weighted by atomic mass is 28.3. The maximum absolute atomic E-state index is 11.0. The van der Waals surface area contributed by atoms with Crippen LogP contribution in [0.3, 0.4) is 0 Å². The topological polar surface area (TPSA) is 35.5 Å². The number of ether oxygens (including phenoxy) is 1. The van der Waals surface area contributed by atoms with Crippen LogP contribution in [0, 0.1) is 0 Å². The second-order valence-corrected chi connectivity index (χ2v) is 6.38. The first-order valence-corrected chi connectivity index (χ1v) is 6.93. The summed E-state index contributed by atoms with van der Waals surface area (Å²) in [6.45, 7) is 9.67. The predicted molar refractivity (Wildman–Crippen MR) is 50.7 cm³/mol. The van der Waals surface area contributed by atoms with Crippen molar-refractivity contribution in [3.63, 3.8) is 0 Å².